The summed E-state index contributed by atoms with van der Waals surface area (Å²) in [6.07, 6.45) is 2.96. The maximum atomic E-state index is 12.5. The molecule has 1 aromatic carbocycles. The van der Waals surface area contributed by atoms with Crippen molar-refractivity contribution >= 4 is 9.84 Å². The fraction of sp³-hybridized carbons (Fsp3) is 0.600. The molecule has 0 saturated heterocycles. The largest absolute Gasteiger partial charge is 0.385 e. The van der Waals surface area contributed by atoms with Gasteiger partial charge in [0.2, 0.25) is 0 Å². The highest BCUT2D eigenvalue weighted by Gasteiger charge is 2.34. The van der Waals surface area contributed by atoms with E-state index < -0.39 is 21.1 Å². The van der Waals surface area contributed by atoms with Crippen molar-refractivity contribution in [3.63, 3.8) is 0 Å². The maximum absolute atomic E-state index is 12.5. The summed E-state index contributed by atoms with van der Waals surface area (Å²) in [4.78, 5) is 0. The molecule has 0 heterocycles. The molecule has 0 amide bonds. The molecule has 0 aromatic heterocycles. The van der Waals surface area contributed by atoms with Crippen molar-refractivity contribution in [3.05, 3.63) is 35.4 Å². The van der Waals surface area contributed by atoms with Crippen LogP contribution in [0.3, 0.4) is 0 Å². The topological polar surface area (TPSA) is 69.4 Å². The molecule has 2 N–H and O–H groups in total. The number of benzene rings is 1. The lowest BCUT2D eigenvalue weighted by Crippen LogP contribution is -2.35. The third-order valence-corrected chi connectivity index (χ3v) is 6.30. The summed E-state index contributed by atoms with van der Waals surface area (Å²) in [7, 11) is -1.59. The van der Waals surface area contributed by atoms with Gasteiger partial charge in [0.25, 0.3) is 0 Å². The molecule has 4 nitrogen and oxygen atoms in total. The Labute approximate surface area is 121 Å². The lowest BCUT2D eigenvalue weighted by molar-refractivity contribution is 0.199. The van der Waals surface area contributed by atoms with Gasteiger partial charge in [0.1, 0.15) is 0 Å². The van der Waals surface area contributed by atoms with E-state index in [1.807, 2.05) is 18.2 Å². The van der Waals surface area contributed by atoms with Gasteiger partial charge in [-0.1, -0.05) is 24.3 Å². The number of rotatable bonds is 5. The Morgan fingerprint density at radius 2 is 2.10 bits per heavy atom. The average molecular weight is 297 g/mol. The number of methoxy groups -OCH3 is 1. The summed E-state index contributed by atoms with van der Waals surface area (Å²) in [5.41, 5.74) is 8.45. The normalized spacial score (nSPS) is 23.1. The zero-order chi connectivity index (χ0) is 14.6. The lowest BCUT2D eigenvalue weighted by Gasteiger charge is -2.23. The predicted molar refractivity (Wildman–Crippen MR) is 80.4 cm³/mol. The maximum Gasteiger partial charge on any atom is 0.155 e. The Hall–Kier alpha value is -0.910. The number of fused-ring (bicyclic) bond motifs is 1. The standard InChI is InChI=1S/C15H23NO3S/c1-19-10-5-11-20(17,18)14-9-4-7-12-6-2-3-8-13(12)15(14)16/h2-3,6,8,14-15H,4-5,7,9-11,16H2,1H3. The van der Waals surface area contributed by atoms with Crippen LogP contribution in [0.15, 0.2) is 24.3 Å². The zero-order valence-electron chi connectivity index (χ0n) is 11.9. The van der Waals surface area contributed by atoms with Gasteiger partial charge in [0.15, 0.2) is 9.84 Å². The van der Waals surface area contributed by atoms with Crippen LogP contribution in [0, 0.1) is 0 Å². The van der Waals surface area contributed by atoms with Crippen LogP contribution in [-0.2, 0) is 21.0 Å². The minimum Gasteiger partial charge on any atom is -0.385 e. The van der Waals surface area contributed by atoms with Crippen molar-refractivity contribution < 1.29 is 13.2 Å². The SMILES string of the molecule is COCCCS(=O)(=O)C1CCCc2ccccc2C1N. The van der Waals surface area contributed by atoms with Crippen LogP contribution in [0.1, 0.15) is 36.4 Å². The van der Waals surface area contributed by atoms with E-state index in [0.29, 0.717) is 19.4 Å². The molecule has 1 aromatic rings. The summed E-state index contributed by atoms with van der Waals surface area (Å²) < 4.78 is 29.9. The molecule has 0 radical (unpaired) electrons. The summed E-state index contributed by atoms with van der Waals surface area (Å²) in [5.74, 6) is 0.154. The fourth-order valence-corrected chi connectivity index (χ4v) is 4.86. The molecule has 0 fully saturated rings. The van der Waals surface area contributed by atoms with Crippen LogP contribution >= 0.6 is 0 Å². The highest BCUT2D eigenvalue weighted by atomic mass is 32.2. The molecular weight excluding hydrogens is 274 g/mol. The van der Waals surface area contributed by atoms with Crippen molar-refractivity contribution in [2.75, 3.05) is 19.5 Å². The number of hydrogen-bond donors (Lipinski definition) is 1. The van der Waals surface area contributed by atoms with Gasteiger partial charge in [-0.3, -0.25) is 0 Å². The van der Waals surface area contributed by atoms with E-state index >= 15 is 0 Å². The Morgan fingerprint density at radius 1 is 1.35 bits per heavy atom. The minimum atomic E-state index is -3.18. The van der Waals surface area contributed by atoms with Crippen LogP contribution in [0.4, 0.5) is 0 Å². The third kappa shape index (κ3) is 3.40. The van der Waals surface area contributed by atoms with Gasteiger partial charge < -0.3 is 10.5 Å². The van der Waals surface area contributed by atoms with Crippen molar-refractivity contribution in [1.29, 1.82) is 0 Å². The Bertz CT molecular complexity index is 542. The minimum absolute atomic E-state index is 0.154. The first-order chi connectivity index (χ1) is 9.56. The number of hydrogen-bond acceptors (Lipinski definition) is 4. The molecular formula is C15H23NO3S. The number of sulfone groups is 1. The van der Waals surface area contributed by atoms with Crippen LogP contribution in [0.5, 0.6) is 0 Å². The van der Waals surface area contributed by atoms with Gasteiger partial charge in [0.05, 0.1) is 11.0 Å². The summed E-state index contributed by atoms with van der Waals surface area (Å²) >= 11 is 0. The number of ether oxygens (including phenoxy) is 1. The van der Waals surface area contributed by atoms with Crippen LogP contribution in [0.25, 0.3) is 0 Å². The molecule has 2 rings (SSSR count). The predicted octanol–water partition coefficient (Wildman–Crippen LogP) is 1.84. The van der Waals surface area contributed by atoms with Gasteiger partial charge in [-0.2, -0.15) is 0 Å². The van der Waals surface area contributed by atoms with Crippen LogP contribution in [0.2, 0.25) is 0 Å². The number of nitrogens with two attached hydrogens (primary N) is 1. The van der Waals surface area contributed by atoms with Gasteiger partial charge in [0, 0.05) is 19.8 Å². The molecule has 112 valence electrons. The molecule has 2 atom stereocenters. The molecule has 0 aliphatic heterocycles. The average Bonchev–Trinajstić information content (AvgIpc) is 2.59. The Morgan fingerprint density at radius 3 is 2.85 bits per heavy atom. The van der Waals surface area contributed by atoms with Gasteiger partial charge in [-0.15, -0.1) is 0 Å². The van der Waals surface area contributed by atoms with E-state index in [1.165, 1.54) is 5.56 Å². The second-order valence-corrected chi connectivity index (χ2v) is 7.71. The summed E-state index contributed by atoms with van der Waals surface area (Å²) in [6, 6.07) is 7.51. The van der Waals surface area contributed by atoms with E-state index in [9.17, 15) is 8.42 Å². The fourth-order valence-electron chi connectivity index (χ4n) is 2.92. The van der Waals surface area contributed by atoms with E-state index in [4.69, 9.17) is 10.5 Å². The smallest absolute Gasteiger partial charge is 0.155 e. The third-order valence-electron chi connectivity index (χ3n) is 3.99. The lowest BCUT2D eigenvalue weighted by atomic mass is 10.00. The molecule has 0 spiro atoms. The molecule has 1 aliphatic rings. The molecule has 2 unspecified atom stereocenters. The van der Waals surface area contributed by atoms with E-state index in [2.05, 4.69) is 6.07 Å². The quantitative estimate of drug-likeness (QED) is 0.665. The molecule has 0 bridgehead atoms. The summed E-state index contributed by atoms with van der Waals surface area (Å²) in [5, 5.41) is -0.469. The van der Waals surface area contributed by atoms with Crippen molar-refractivity contribution in [2.45, 2.75) is 37.0 Å². The first-order valence-corrected chi connectivity index (χ1v) is 8.81. The second kappa shape index (κ2) is 6.70. The Kier molecular flexibility index (Phi) is 5.18. The molecule has 20 heavy (non-hydrogen) atoms. The van der Waals surface area contributed by atoms with Crippen molar-refractivity contribution in [3.8, 4) is 0 Å². The van der Waals surface area contributed by atoms with Crippen molar-refractivity contribution in [2.24, 2.45) is 5.73 Å². The highest BCUT2D eigenvalue weighted by Crippen LogP contribution is 2.31. The van der Waals surface area contributed by atoms with E-state index in [0.717, 1.165) is 18.4 Å². The first-order valence-electron chi connectivity index (χ1n) is 7.10. The highest BCUT2D eigenvalue weighted by molar-refractivity contribution is 7.92. The Balaban J connectivity index is 2.20. The molecule has 0 saturated carbocycles. The first kappa shape index (κ1) is 15.5. The van der Waals surface area contributed by atoms with E-state index in [1.54, 1.807) is 7.11 Å². The zero-order valence-corrected chi connectivity index (χ0v) is 12.7. The molecule has 1 aliphatic carbocycles. The van der Waals surface area contributed by atoms with E-state index in [-0.39, 0.29) is 5.75 Å². The van der Waals surface area contributed by atoms with Crippen molar-refractivity contribution in [1.82, 2.24) is 0 Å². The second-order valence-electron chi connectivity index (χ2n) is 5.37. The van der Waals surface area contributed by atoms with Gasteiger partial charge in [-0.05, 0) is 36.8 Å². The van der Waals surface area contributed by atoms with Crippen LogP contribution < -0.4 is 5.73 Å². The molecule has 5 heteroatoms. The monoisotopic (exact) mass is 297 g/mol. The van der Waals surface area contributed by atoms with Gasteiger partial charge >= 0.3 is 0 Å². The summed E-state index contributed by atoms with van der Waals surface area (Å²) in [6.45, 7) is 0.470. The number of aryl methyl sites for hydroxylation is 1. The van der Waals surface area contributed by atoms with Gasteiger partial charge in [-0.25, -0.2) is 8.42 Å². The van der Waals surface area contributed by atoms with Crippen LogP contribution in [-0.4, -0.2) is 33.1 Å².